The highest BCUT2D eigenvalue weighted by Crippen LogP contribution is 2.15. The zero-order valence-electron chi connectivity index (χ0n) is 15.8. The van der Waals surface area contributed by atoms with Crippen LogP contribution < -0.4 is 10.6 Å². The molecule has 0 unspecified atom stereocenters. The number of piperidine rings is 1. The lowest BCUT2D eigenvalue weighted by atomic mass is 10.1. The molecule has 1 fully saturated rings. The summed E-state index contributed by atoms with van der Waals surface area (Å²) in [5.74, 6) is 0.773. The maximum atomic E-state index is 12.3. The van der Waals surface area contributed by atoms with Crippen LogP contribution in [0.2, 0.25) is 0 Å². The number of nitrogens with one attached hydrogen (secondary N) is 2. The van der Waals surface area contributed by atoms with E-state index in [2.05, 4.69) is 27.4 Å². The molecule has 1 heterocycles. The number of likely N-dealkylation sites (tertiary alicyclic amines) is 1. The van der Waals surface area contributed by atoms with Crippen LogP contribution in [0.15, 0.2) is 4.99 Å². The average molecular weight is 365 g/mol. The van der Waals surface area contributed by atoms with E-state index >= 15 is 0 Å². The summed E-state index contributed by atoms with van der Waals surface area (Å²) in [6.45, 7) is 8.39. The Morgan fingerprint density at radius 3 is 2.48 bits per heavy atom. The molecule has 1 saturated heterocycles. The van der Waals surface area contributed by atoms with E-state index in [9.17, 15) is 13.2 Å². The molecule has 0 bridgehead atoms. The monoisotopic (exact) mass is 365 g/mol. The van der Waals surface area contributed by atoms with E-state index in [1.54, 1.807) is 0 Å². The third kappa shape index (κ3) is 10.5. The van der Waals surface area contributed by atoms with Crippen LogP contribution in [0.1, 0.15) is 39.5 Å². The predicted octanol–water partition coefficient (Wildman–Crippen LogP) is 2.30. The number of hydrogen-bond acceptors (Lipinski definition) is 3. The number of guanidine groups is 1. The minimum absolute atomic E-state index is 0.387. The van der Waals surface area contributed by atoms with Crippen LogP contribution in [0, 0.1) is 0 Å². The lowest BCUT2D eigenvalue weighted by Gasteiger charge is -2.32. The Bertz CT molecular complexity index is 379. The standard InChI is InChI=1S/C17H34F3N5/c1-4-10-25-12-7-15(8-13-25)23-16(21-5-2)22-9-6-11-24(3)14-17(18,19)20/h15H,4-14H2,1-3H3,(H2,21,22,23). The second kappa shape index (κ2) is 11.6. The average Bonchev–Trinajstić information content (AvgIpc) is 2.52. The molecule has 5 nitrogen and oxygen atoms in total. The van der Waals surface area contributed by atoms with E-state index in [1.165, 1.54) is 18.4 Å². The Kier molecular flexibility index (Phi) is 10.2. The van der Waals surface area contributed by atoms with Crippen molar-refractivity contribution in [2.45, 2.75) is 51.7 Å². The van der Waals surface area contributed by atoms with Gasteiger partial charge in [-0.2, -0.15) is 13.2 Å². The predicted molar refractivity (Wildman–Crippen MR) is 97.0 cm³/mol. The first-order valence-electron chi connectivity index (χ1n) is 9.36. The van der Waals surface area contributed by atoms with Crippen molar-refractivity contribution in [2.24, 2.45) is 4.99 Å². The number of alkyl halides is 3. The van der Waals surface area contributed by atoms with Crippen molar-refractivity contribution >= 4 is 5.96 Å². The zero-order valence-corrected chi connectivity index (χ0v) is 15.8. The SMILES string of the molecule is CCCN1CCC(NC(=NCCCN(C)CC(F)(F)F)NCC)CC1. The third-order valence-electron chi connectivity index (χ3n) is 4.23. The molecule has 0 aromatic heterocycles. The second-order valence-corrected chi connectivity index (χ2v) is 6.73. The van der Waals surface area contributed by atoms with E-state index in [0.717, 1.165) is 45.0 Å². The lowest BCUT2D eigenvalue weighted by molar-refractivity contribution is -0.143. The first-order valence-corrected chi connectivity index (χ1v) is 9.36. The van der Waals surface area contributed by atoms with E-state index in [0.29, 0.717) is 25.6 Å². The molecule has 0 atom stereocenters. The van der Waals surface area contributed by atoms with Crippen molar-refractivity contribution in [2.75, 3.05) is 52.9 Å². The van der Waals surface area contributed by atoms with Gasteiger partial charge in [-0.05, 0) is 52.7 Å². The van der Waals surface area contributed by atoms with Gasteiger partial charge in [0.25, 0.3) is 0 Å². The highest BCUT2D eigenvalue weighted by molar-refractivity contribution is 5.80. The molecule has 0 aliphatic carbocycles. The molecule has 1 aliphatic heterocycles. The molecule has 0 saturated carbocycles. The summed E-state index contributed by atoms with van der Waals surface area (Å²) in [7, 11) is 1.49. The molecule has 2 N–H and O–H groups in total. The minimum Gasteiger partial charge on any atom is -0.357 e. The molecular weight excluding hydrogens is 331 g/mol. The number of nitrogens with zero attached hydrogens (tertiary/aromatic N) is 3. The van der Waals surface area contributed by atoms with Crippen molar-refractivity contribution in [1.29, 1.82) is 0 Å². The van der Waals surface area contributed by atoms with Gasteiger partial charge in [0.05, 0.1) is 6.54 Å². The van der Waals surface area contributed by atoms with Crippen molar-refractivity contribution in [3.8, 4) is 0 Å². The summed E-state index contributed by atoms with van der Waals surface area (Å²) in [5, 5.41) is 6.69. The highest BCUT2D eigenvalue weighted by atomic mass is 19.4. The molecule has 8 heteroatoms. The van der Waals surface area contributed by atoms with Gasteiger partial charge in [-0.15, -0.1) is 0 Å². The summed E-state index contributed by atoms with van der Waals surface area (Å²) < 4.78 is 36.9. The number of aliphatic imine (C=N–C) groups is 1. The molecule has 0 aromatic carbocycles. The van der Waals surface area contributed by atoms with E-state index in [1.807, 2.05) is 6.92 Å². The lowest BCUT2D eigenvalue weighted by Crippen LogP contribution is -2.48. The van der Waals surface area contributed by atoms with Gasteiger partial charge in [0.15, 0.2) is 5.96 Å². The van der Waals surface area contributed by atoms with Gasteiger partial charge in [0.2, 0.25) is 0 Å². The molecule has 0 radical (unpaired) electrons. The first-order chi connectivity index (χ1) is 11.8. The zero-order chi connectivity index (χ0) is 18.7. The highest BCUT2D eigenvalue weighted by Gasteiger charge is 2.28. The van der Waals surface area contributed by atoms with Gasteiger partial charge in [-0.3, -0.25) is 9.89 Å². The summed E-state index contributed by atoms with van der Waals surface area (Å²) in [6.07, 6.45) is -0.151. The first kappa shape index (κ1) is 22.0. The Hall–Kier alpha value is -1.02. The summed E-state index contributed by atoms with van der Waals surface area (Å²) in [6, 6.07) is 0.416. The van der Waals surface area contributed by atoms with Crippen LogP contribution in [-0.2, 0) is 0 Å². The van der Waals surface area contributed by atoms with Crippen LogP contribution >= 0.6 is 0 Å². The summed E-state index contributed by atoms with van der Waals surface area (Å²) in [4.78, 5) is 8.28. The van der Waals surface area contributed by atoms with Crippen LogP contribution in [-0.4, -0.2) is 80.8 Å². The Morgan fingerprint density at radius 1 is 1.24 bits per heavy atom. The molecule has 0 aromatic rings. The number of halogens is 3. The fourth-order valence-corrected chi connectivity index (χ4v) is 3.05. The Morgan fingerprint density at radius 2 is 1.92 bits per heavy atom. The smallest absolute Gasteiger partial charge is 0.357 e. The number of rotatable bonds is 9. The maximum absolute atomic E-state index is 12.3. The van der Waals surface area contributed by atoms with Crippen molar-refractivity contribution in [3.63, 3.8) is 0 Å². The van der Waals surface area contributed by atoms with Gasteiger partial charge in [0, 0.05) is 32.2 Å². The van der Waals surface area contributed by atoms with Gasteiger partial charge in [0.1, 0.15) is 0 Å². The van der Waals surface area contributed by atoms with Crippen molar-refractivity contribution in [1.82, 2.24) is 20.4 Å². The van der Waals surface area contributed by atoms with Gasteiger partial charge in [-0.1, -0.05) is 6.92 Å². The molecular formula is C17H34F3N5. The van der Waals surface area contributed by atoms with Crippen molar-refractivity contribution < 1.29 is 13.2 Å². The van der Waals surface area contributed by atoms with Crippen LogP contribution in [0.5, 0.6) is 0 Å². The van der Waals surface area contributed by atoms with Crippen molar-refractivity contribution in [3.05, 3.63) is 0 Å². The fraction of sp³-hybridized carbons (Fsp3) is 0.941. The Balaban J connectivity index is 2.32. The third-order valence-corrected chi connectivity index (χ3v) is 4.23. The van der Waals surface area contributed by atoms with Gasteiger partial charge in [-0.25, -0.2) is 0 Å². The molecule has 0 spiro atoms. The topological polar surface area (TPSA) is 42.9 Å². The van der Waals surface area contributed by atoms with E-state index in [4.69, 9.17) is 0 Å². The minimum atomic E-state index is -4.14. The molecule has 25 heavy (non-hydrogen) atoms. The number of hydrogen-bond donors (Lipinski definition) is 2. The normalized spacial score (nSPS) is 18.0. The van der Waals surface area contributed by atoms with Gasteiger partial charge >= 0.3 is 6.18 Å². The van der Waals surface area contributed by atoms with E-state index in [-0.39, 0.29) is 0 Å². The fourth-order valence-electron chi connectivity index (χ4n) is 3.05. The molecule has 0 amide bonds. The largest absolute Gasteiger partial charge is 0.401 e. The second-order valence-electron chi connectivity index (χ2n) is 6.73. The summed E-state index contributed by atoms with van der Waals surface area (Å²) in [5.41, 5.74) is 0. The Labute approximate surface area is 150 Å². The molecule has 148 valence electrons. The summed E-state index contributed by atoms with van der Waals surface area (Å²) >= 11 is 0. The van der Waals surface area contributed by atoms with Crippen LogP contribution in [0.3, 0.4) is 0 Å². The van der Waals surface area contributed by atoms with E-state index < -0.39 is 12.7 Å². The quantitative estimate of drug-likeness (QED) is 0.374. The molecule has 1 aliphatic rings. The van der Waals surface area contributed by atoms with Crippen LogP contribution in [0.25, 0.3) is 0 Å². The van der Waals surface area contributed by atoms with Crippen LogP contribution in [0.4, 0.5) is 13.2 Å². The molecule has 1 rings (SSSR count). The van der Waals surface area contributed by atoms with Gasteiger partial charge < -0.3 is 15.5 Å². The maximum Gasteiger partial charge on any atom is 0.401 e.